The minimum absolute atomic E-state index is 0.256. The van der Waals surface area contributed by atoms with Gasteiger partial charge in [0.05, 0.1) is 12.2 Å². The lowest BCUT2D eigenvalue weighted by molar-refractivity contribution is -0.138. The lowest BCUT2D eigenvalue weighted by atomic mass is 10.2. The highest BCUT2D eigenvalue weighted by Crippen LogP contribution is 2.08. The van der Waals surface area contributed by atoms with Crippen LogP contribution in [0.1, 0.15) is 20.3 Å². The monoisotopic (exact) mass is 219 g/mol. The van der Waals surface area contributed by atoms with Gasteiger partial charge in [0.2, 0.25) is 0 Å². The fraction of sp³-hybridized carbons (Fsp3) is 0.308. The highest BCUT2D eigenvalue weighted by atomic mass is 16.5. The van der Waals surface area contributed by atoms with Crippen molar-refractivity contribution in [3.8, 4) is 0 Å². The molecule has 0 heterocycles. The number of carbonyl (C=O) groups excluding carboxylic acids is 1. The normalized spacial score (nSPS) is 11.0. The van der Waals surface area contributed by atoms with E-state index in [9.17, 15) is 4.79 Å². The number of carbonyl (C=O) groups is 1. The molecule has 0 saturated carbocycles. The van der Waals surface area contributed by atoms with Gasteiger partial charge in [0.25, 0.3) is 0 Å². The minimum atomic E-state index is -0.256. The second-order valence-corrected chi connectivity index (χ2v) is 3.25. The Bertz CT molecular complexity index is 357. The molecule has 16 heavy (non-hydrogen) atoms. The van der Waals surface area contributed by atoms with E-state index in [2.05, 4.69) is 5.32 Å². The highest BCUT2D eigenvalue weighted by Gasteiger charge is 2.07. The molecular weight excluding hydrogens is 202 g/mol. The number of para-hydroxylation sites is 1. The molecule has 0 fully saturated rings. The molecule has 1 N–H and O–H groups in total. The van der Waals surface area contributed by atoms with Crippen LogP contribution in [0.25, 0.3) is 0 Å². The van der Waals surface area contributed by atoms with E-state index in [0.717, 1.165) is 5.69 Å². The lowest BCUT2D eigenvalue weighted by Gasteiger charge is -2.05. The van der Waals surface area contributed by atoms with Crippen LogP contribution in [0.4, 0.5) is 5.69 Å². The second-order valence-electron chi connectivity index (χ2n) is 3.25. The third kappa shape index (κ3) is 3.77. The number of esters is 1. The van der Waals surface area contributed by atoms with Gasteiger partial charge in [-0.15, -0.1) is 0 Å². The smallest absolute Gasteiger partial charge is 0.335 e. The summed E-state index contributed by atoms with van der Waals surface area (Å²) < 4.78 is 4.94. The second kappa shape index (κ2) is 6.67. The Morgan fingerprint density at radius 2 is 2.00 bits per heavy atom. The summed E-state index contributed by atoms with van der Waals surface area (Å²) in [4.78, 5) is 11.5. The van der Waals surface area contributed by atoms with Crippen LogP contribution in [0.3, 0.4) is 0 Å². The van der Waals surface area contributed by atoms with E-state index >= 15 is 0 Å². The van der Waals surface area contributed by atoms with Crippen LogP contribution in [0, 0.1) is 0 Å². The van der Waals surface area contributed by atoms with E-state index in [0.29, 0.717) is 18.6 Å². The van der Waals surface area contributed by atoms with E-state index < -0.39 is 0 Å². The van der Waals surface area contributed by atoms with Crippen molar-refractivity contribution in [1.29, 1.82) is 0 Å². The standard InChI is InChI=1S/C13H17NO2/c1-3-11(13(15)16-4-2)10-14-12-8-6-5-7-9-12/h5-10,14H,3-4H2,1-2H3/b11-10-. The number of benzene rings is 1. The maximum atomic E-state index is 11.5. The van der Waals surface area contributed by atoms with Gasteiger partial charge in [-0.05, 0) is 25.5 Å². The minimum Gasteiger partial charge on any atom is -0.463 e. The average Bonchev–Trinajstić information content (AvgIpc) is 2.31. The first-order valence-corrected chi connectivity index (χ1v) is 5.45. The third-order valence-electron chi connectivity index (χ3n) is 2.11. The molecule has 0 aliphatic carbocycles. The predicted molar refractivity (Wildman–Crippen MR) is 65.1 cm³/mol. The van der Waals surface area contributed by atoms with Crippen LogP contribution < -0.4 is 5.32 Å². The highest BCUT2D eigenvalue weighted by molar-refractivity contribution is 5.88. The molecule has 86 valence electrons. The van der Waals surface area contributed by atoms with Crippen LogP contribution in [0.5, 0.6) is 0 Å². The van der Waals surface area contributed by atoms with Crippen molar-refractivity contribution >= 4 is 11.7 Å². The van der Waals surface area contributed by atoms with Gasteiger partial charge in [-0.25, -0.2) is 4.79 Å². The number of ether oxygens (including phenoxy) is 1. The van der Waals surface area contributed by atoms with Gasteiger partial charge in [-0.2, -0.15) is 0 Å². The SMILES string of the molecule is CCOC(=O)/C(=C\Nc1ccccc1)CC. The van der Waals surface area contributed by atoms with Crippen molar-refractivity contribution in [2.75, 3.05) is 11.9 Å². The number of nitrogens with one attached hydrogen (secondary N) is 1. The van der Waals surface area contributed by atoms with Crippen molar-refractivity contribution in [3.05, 3.63) is 42.1 Å². The summed E-state index contributed by atoms with van der Waals surface area (Å²) in [7, 11) is 0. The predicted octanol–water partition coefficient (Wildman–Crippen LogP) is 2.96. The van der Waals surface area contributed by atoms with Gasteiger partial charge >= 0.3 is 5.97 Å². The summed E-state index contributed by atoms with van der Waals surface area (Å²) >= 11 is 0. The van der Waals surface area contributed by atoms with E-state index in [1.54, 1.807) is 13.1 Å². The van der Waals surface area contributed by atoms with Crippen molar-refractivity contribution in [2.24, 2.45) is 0 Å². The molecule has 0 unspecified atom stereocenters. The van der Waals surface area contributed by atoms with Gasteiger partial charge in [-0.1, -0.05) is 25.1 Å². The van der Waals surface area contributed by atoms with Crippen LogP contribution in [-0.4, -0.2) is 12.6 Å². The molecule has 0 bridgehead atoms. The largest absolute Gasteiger partial charge is 0.463 e. The van der Waals surface area contributed by atoms with Gasteiger partial charge in [0.1, 0.15) is 0 Å². The van der Waals surface area contributed by atoms with E-state index in [-0.39, 0.29) is 5.97 Å². The van der Waals surface area contributed by atoms with Crippen molar-refractivity contribution in [2.45, 2.75) is 20.3 Å². The zero-order chi connectivity index (χ0) is 11.8. The zero-order valence-corrected chi connectivity index (χ0v) is 9.69. The van der Waals surface area contributed by atoms with E-state index in [1.807, 2.05) is 37.3 Å². The van der Waals surface area contributed by atoms with Crippen LogP contribution in [0.15, 0.2) is 42.1 Å². The first-order chi connectivity index (χ1) is 7.77. The van der Waals surface area contributed by atoms with Gasteiger partial charge in [0.15, 0.2) is 0 Å². The molecule has 0 aliphatic heterocycles. The molecule has 0 aromatic heterocycles. The molecule has 3 heteroatoms. The molecule has 1 aromatic rings. The molecule has 0 spiro atoms. The van der Waals surface area contributed by atoms with Crippen molar-refractivity contribution in [3.63, 3.8) is 0 Å². The summed E-state index contributed by atoms with van der Waals surface area (Å²) in [6.07, 6.45) is 2.35. The number of rotatable bonds is 5. The summed E-state index contributed by atoms with van der Waals surface area (Å²) in [6.45, 7) is 4.13. The zero-order valence-electron chi connectivity index (χ0n) is 9.69. The maximum Gasteiger partial charge on any atom is 0.335 e. The Kier molecular flexibility index (Phi) is 5.12. The first-order valence-electron chi connectivity index (χ1n) is 5.45. The third-order valence-corrected chi connectivity index (χ3v) is 2.11. The molecule has 0 amide bonds. The van der Waals surface area contributed by atoms with Gasteiger partial charge in [0, 0.05) is 11.9 Å². The molecule has 0 radical (unpaired) electrons. The molecule has 0 aliphatic rings. The van der Waals surface area contributed by atoms with E-state index in [4.69, 9.17) is 4.74 Å². The Labute approximate surface area is 96.1 Å². The quantitative estimate of drug-likeness (QED) is 0.611. The fourth-order valence-electron chi connectivity index (χ4n) is 1.23. The molecular formula is C13H17NO2. The van der Waals surface area contributed by atoms with Crippen LogP contribution in [-0.2, 0) is 9.53 Å². The van der Waals surface area contributed by atoms with Crippen molar-refractivity contribution in [1.82, 2.24) is 0 Å². The topological polar surface area (TPSA) is 38.3 Å². The van der Waals surface area contributed by atoms with E-state index in [1.165, 1.54) is 0 Å². The Morgan fingerprint density at radius 1 is 1.31 bits per heavy atom. The number of hydrogen-bond donors (Lipinski definition) is 1. The summed E-state index contributed by atoms with van der Waals surface area (Å²) in [5.41, 5.74) is 1.60. The summed E-state index contributed by atoms with van der Waals surface area (Å²) in [5.74, 6) is -0.256. The molecule has 0 atom stereocenters. The Hall–Kier alpha value is -1.77. The van der Waals surface area contributed by atoms with Crippen LogP contribution >= 0.6 is 0 Å². The van der Waals surface area contributed by atoms with Crippen molar-refractivity contribution < 1.29 is 9.53 Å². The molecule has 0 saturated heterocycles. The lowest BCUT2D eigenvalue weighted by Crippen LogP contribution is -2.08. The van der Waals surface area contributed by atoms with Gasteiger partial charge < -0.3 is 10.1 Å². The molecule has 3 nitrogen and oxygen atoms in total. The van der Waals surface area contributed by atoms with Crippen LogP contribution in [0.2, 0.25) is 0 Å². The summed E-state index contributed by atoms with van der Waals surface area (Å²) in [6, 6.07) is 9.70. The number of anilines is 1. The summed E-state index contributed by atoms with van der Waals surface area (Å²) in [5, 5.41) is 3.07. The number of hydrogen-bond acceptors (Lipinski definition) is 3. The fourth-order valence-corrected chi connectivity index (χ4v) is 1.23. The molecule has 1 aromatic carbocycles. The molecule has 1 rings (SSSR count). The average molecular weight is 219 g/mol. The maximum absolute atomic E-state index is 11.5. The Morgan fingerprint density at radius 3 is 2.56 bits per heavy atom. The first kappa shape index (κ1) is 12.3. The van der Waals surface area contributed by atoms with Gasteiger partial charge in [-0.3, -0.25) is 0 Å². The Balaban J connectivity index is 2.63.